The van der Waals surface area contributed by atoms with Crippen LogP contribution in [0.5, 0.6) is 0 Å². The quantitative estimate of drug-likeness (QED) is 0.759. The van der Waals surface area contributed by atoms with Crippen LogP contribution < -0.4 is 0 Å². The van der Waals surface area contributed by atoms with Crippen LogP contribution in [0.25, 0.3) is 0 Å². The molecule has 0 aliphatic heterocycles. The van der Waals surface area contributed by atoms with Gasteiger partial charge in [-0.05, 0) is 41.7 Å². The Morgan fingerprint density at radius 2 is 2.05 bits per heavy atom. The van der Waals surface area contributed by atoms with Crippen LogP contribution in [-0.4, -0.2) is 5.78 Å². The molecule has 2 aromatic rings. The lowest BCUT2D eigenvalue weighted by Crippen LogP contribution is -2.20. The molecule has 0 fully saturated rings. The van der Waals surface area contributed by atoms with Gasteiger partial charge in [0.05, 0.1) is 5.56 Å². The molecule has 3 heteroatoms. The number of ketones is 1. The fourth-order valence-corrected chi connectivity index (χ4v) is 2.76. The number of fused-ring (bicyclic) bond motifs is 1. The van der Waals surface area contributed by atoms with E-state index in [9.17, 15) is 9.18 Å². The second-order valence-electron chi connectivity index (χ2n) is 4.85. The standard InChI is InChI=1S/C16H12ClFO/c17-12-5-6-15(18)14(9-12)16(19)8-11-7-10-3-1-2-4-13(10)11/h1-6,9,11H,7-8H2. The van der Waals surface area contributed by atoms with E-state index in [4.69, 9.17) is 11.6 Å². The van der Waals surface area contributed by atoms with Gasteiger partial charge in [0.15, 0.2) is 5.78 Å². The maximum Gasteiger partial charge on any atom is 0.166 e. The minimum atomic E-state index is -0.498. The van der Waals surface area contributed by atoms with Crippen LogP contribution >= 0.6 is 11.6 Å². The zero-order valence-electron chi connectivity index (χ0n) is 10.2. The third kappa shape index (κ3) is 2.28. The first-order valence-electron chi connectivity index (χ1n) is 6.21. The molecule has 1 unspecified atom stereocenters. The molecular formula is C16H12ClFO. The maximum absolute atomic E-state index is 13.6. The zero-order valence-corrected chi connectivity index (χ0v) is 11.0. The smallest absolute Gasteiger partial charge is 0.166 e. The summed E-state index contributed by atoms with van der Waals surface area (Å²) >= 11 is 5.81. The summed E-state index contributed by atoms with van der Waals surface area (Å²) in [6, 6.07) is 12.2. The number of hydrogen-bond donors (Lipinski definition) is 0. The van der Waals surface area contributed by atoms with Crippen LogP contribution in [0.3, 0.4) is 0 Å². The van der Waals surface area contributed by atoms with Crippen molar-refractivity contribution >= 4 is 17.4 Å². The molecule has 19 heavy (non-hydrogen) atoms. The predicted molar refractivity (Wildman–Crippen MR) is 73.2 cm³/mol. The van der Waals surface area contributed by atoms with Crippen molar-refractivity contribution in [3.05, 3.63) is 70.0 Å². The molecule has 0 N–H and O–H groups in total. The van der Waals surface area contributed by atoms with Crippen LogP contribution in [0.2, 0.25) is 5.02 Å². The largest absolute Gasteiger partial charge is 0.294 e. The van der Waals surface area contributed by atoms with Gasteiger partial charge in [0.2, 0.25) is 0 Å². The van der Waals surface area contributed by atoms with Crippen LogP contribution in [0.4, 0.5) is 4.39 Å². The zero-order chi connectivity index (χ0) is 13.4. The van der Waals surface area contributed by atoms with Crippen molar-refractivity contribution in [2.45, 2.75) is 18.8 Å². The molecule has 2 aromatic carbocycles. The van der Waals surface area contributed by atoms with E-state index in [-0.39, 0.29) is 17.3 Å². The van der Waals surface area contributed by atoms with Crippen molar-refractivity contribution in [1.82, 2.24) is 0 Å². The van der Waals surface area contributed by atoms with E-state index in [1.807, 2.05) is 18.2 Å². The Labute approximate surface area is 116 Å². The van der Waals surface area contributed by atoms with Gasteiger partial charge < -0.3 is 0 Å². The maximum atomic E-state index is 13.6. The van der Waals surface area contributed by atoms with Crippen LogP contribution in [-0.2, 0) is 6.42 Å². The van der Waals surface area contributed by atoms with Gasteiger partial charge in [-0.1, -0.05) is 35.9 Å². The molecule has 0 spiro atoms. The van der Waals surface area contributed by atoms with Crippen molar-refractivity contribution < 1.29 is 9.18 Å². The third-order valence-corrected chi connectivity index (χ3v) is 3.86. The number of halogens is 2. The molecule has 96 valence electrons. The van der Waals surface area contributed by atoms with E-state index in [2.05, 4.69) is 6.07 Å². The summed E-state index contributed by atoms with van der Waals surface area (Å²) in [5, 5.41) is 0.388. The summed E-state index contributed by atoms with van der Waals surface area (Å²) < 4.78 is 13.6. The first kappa shape index (κ1) is 12.4. The summed E-state index contributed by atoms with van der Waals surface area (Å²) in [5.74, 6) is -0.469. The lowest BCUT2D eigenvalue weighted by atomic mass is 9.74. The minimum Gasteiger partial charge on any atom is -0.294 e. The van der Waals surface area contributed by atoms with Crippen molar-refractivity contribution in [3.8, 4) is 0 Å². The predicted octanol–water partition coefficient (Wildman–Crippen LogP) is 4.39. The van der Waals surface area contributed by atoms with Crippen molar-refractivity contribution in [1.29, 1.82) is 0 Å². The van der Waals surface area contributed by atoms with Gasteiger partial charge in [-0.3, -0.25) is 4.79 Å². The molecule has 0 amide bonds. The summed E-state index contributed by atoms with van der Waals surface area (Å²) in [6.07, 6.45) is 1.23. The number of benzene rings is 2. The van der Waals surface area contributed by atoms with Gasteiger partial charge in [-0.15, -0.1) is 0 Å². The Bertz CT molecular complexity index is 651. The molecule has 0 saturated carbocycles. The Kier molecular flexibility index (Phi) is 3.11. The SMILES string of the molecule is O=C(CC1Cc2ccccc21)c1cc(Cl)ccc1F. The molecule has 1 aliphatic rings. The molecular weight excluding hydrogens is 263 g/mol. The topological polar surface area (TPSA) is 17.1 Å². The van der Waals surface area contributed by atoms with E-state index in [0.717, 1.165) is 6.42 Å². The van der Waals surface area contributed by atoms with Gasteiger partial charge >= 0.3 is 0 Å². The normalized spacial score (nSPS) is 16.6. The second kappa shape index (κ2) is 4.78. The molecule has 0 saturated heterocycles. The van der Waals surface area contributed by atoms with E-state index < -0.39 is 5.82 Å². The average molecular weight is 275 g/mol. The Hall–Kier alpha value is -1.67. The number of carbonyl (C=O) groups is 1. The van der Waals surface area contributed by atoms with Crippen molar-refractivity contribution in [2.24, 2.45) is 0 Å². The lowest BCUT2D eigenvalue weighted by Gasteiger charge is -2.29. The summed E-state index contributed by atoms with van der Waals surface area (Å²) in [7, 11) is 0. The highest BCUT2D eigenvalue weighted by Gasteiger charge is 2.28. The molecule has 3 rings (SSSR count). The molecule has 1 atom stereocenters. The summed E-state index contributed by atoms with van der Waals surface area (Å²) in [6.45, 7) is 0. The summed E-state index contributed by atoms with van der Waals surface area (Å²) in [5.41, 5.74) is 2.59. The Morgan fingerprint density at radius 3 is 2.84 bits per heavy atom. The third-order valence-electron chi connectivity index (χ3n) is 3.62. The molecule has 0 aromatic heterocycles. The fourth-order valence-electron chi connectivity index (χ4n) is 2.59. The van der Waals surface area contributed by atoms with Gasteiger partial charge in [0.1, 0.15) is 5.82 Å². The summed E-state index contributed by atoms with van der Waals surface area (Å²) in [4.78, 5) is 12.1. The number of rotatable bonds is 3. The van der Waals surface area contributed by atoms with Crippen LogP contribution in [0.1, 0.15) is 33.8 Å². The number of hydrogen-bond acceptors (Lipinski definition) is 1. The van der Waals surface area contributed by atoms with Gasteiger partial charge in [0, 0.05) is 11.4 Å². The fraction of sp³-hybridized carbons (Fsp3) is 0.188. The van der Waals surface area contributed by atoms with Crippen LogP contribution in [0, 0.1) is 5.82 Å². The molecule has 1 nitrogen and oxygen atoms in total. The highest BCUT2D eigenvalue weighted by Crippen LogP contribution is 2.38. The molecule has 0 heterocycles. The van der Waals surface area contributed by atoms with E-state index in [0.29, 0.717) is 11.4 Å². The Morgan fingerprint density at radius 1 is 1.26 bits per heavy atom. The van der Waals surface area contributed by atoms with Gasteiger partial charge in [-0.25, -0.2) is 4.39 Å². The molecule has 1 aliphatic carbocycles. The first-order chi connectivity index (χ1) is 9.15. The first-order valence-corrected chi connectivity index (χ1v) is 6.59. The van der Waals surface area contributed by atoms with Gasteiger partial charge in [-0.2, -0.15) is 0 Å². The van der Waals surface area contributed by atoms with Crippen molar-refractivity contribution in [3.63, 3.8) is 0 Å². The Balaban J connectivity index is 1.79. The van der Waals surface area contributed by atoms with E-state index in [1.165, 1.54) is 29.3 Å². The molecule has 0 radical (unpaired) electrons. The van der Waals surface area contributed by atoms with Crippen molar-refractivity contribution in [2.75, 3.05) is 0 Å². The molecule has 0 bridgehead atoms. The second-order valence-corrected chi connectivity index (χ2v) is 5.29. The average Bonchev–Trinajstić information content (AvgIpc) is 2.38. The van der Waals surface area contributed by atoms with Crippen LogP contribution in [0.15, 0.2) is 42.5 Å². The lowest BCUT2D eigenvalue weighted by molar-refractivity contribution is 0.0966. The number of carbonyl (C=O) groups excluding carboxylic acids is 1. The van der Waals surface area contributed by atoms with Gasteiger partial charge in [0.25, 0.3) is 0 Å². The van der Waals surface area contributed by atoms with E-state index in [1.54, 1.807) is 0 Å². The van der Waals surface area contributed by atoms with E-state index >= 15 is 0 Å². The highest BCUT2D eigenvalue weighted by molar-refractivity contribution is 6.31. The monoisotopic (exact) mass is 274 g/mol. The highest BCUT2D eigenvalue weighted by atomic mass is 35.5. The minimum absolute atomic E-state index is 0.0943. The number of Topliss-reactive ketones (excluding diaryl/α,β-unsaturated/α-hetero) is 1.